The molecular formula is C12H15N3S2. The maximum Gasteiger partial charge on any atom is 0.114 e. The zero-order valence-corrected chi connectivity index (χ0v) is 11.1. The number of nitrogens with one attached hydrogen (secondary N) is 1. The van der Waals surface area contributed by atoms with Crippen LogP contribution in [-0.2, 0) is 6.42 Å². The van der Waals surface area contributed by atoms with Gasteiger partial charge in [0.1, 0.15) is 5.03 Å². The molecule has 90 valence electrons. The molecular weight excluding hydrogens is 250 g/mol. The van der Waals surface area contributed by atoms with Crippen LogP contribution in [0.5, 0.6) is 0 Å². The Balaban J connectivity index is 1.52. The lowest BCUT2D eigenvalue weighted by atomic mass is 10.2. The van der Waals surface area contributed by atoms with Gasteiger partial charge in [0.25, 0.3) is 0 Å². The Morgan fingerprint density at radius 1 is 1.29 bits per heavy atom. The molecule has 0 spiro atoms. The average molecular weight is 265 g/mol. The summed E-state index contributed by atoms with van der Waals surface area (Å²) in [5.41, 5.74) is 1.42. The van der Waals surface area contributed by atoms with E-state index >= 15 is 0 Å². The predicted octanol–water partition coefficient (Wildman–Crippen LogP) is 2.46. The first kappa shape index (κ1) is 12.5. The molecule has 2 aromatic heterocycles. The van der Waals surface area contributed by atoms with Crippen molar-refractivity contribution in [1.82, 2.24) is 15.3 Å². The van der Waals surface area contributed by atoms with Gasteiger partial charge >= 0.3 is 0 Å². The van der Waals surface area contributed by atoms with Crippen LogP contribution in [0, 0.1) is 0 Å². The molecule has 3 nitrogen and oxygen atoms in total. The van der Waals surface area contributed by atoms with Gasteiger partial charge in [-0.25, -0.2) is 4.98 Å². The summed E-state index contributed by atoms with van der Waals surface area (Å²) >= 11 is 3.49. The maximum atomic E-state index is 4.21. The lowest BCUT2D eigenvalue weighted by Crippen LogP contribution is -2.19. The second-order valence-electron chi connectivity index (χ2n) is 3.52. The topological polar surface area (TPSA) is 37.8 Å². The zero-order chi connectivity index (χ0) is 11.8. The Labute approximate surface area is 110 Å². The van der Waals surface area contributed by atoms with Crippen molar-refractivity contribution in [2.45, 2.75) is 11.4 Å². The third kappa shape index (κ3) is 4.85. The van der Waals surface area contributed by atoms with E-state index in [0.29, 0.717) is 0 Å². The fourth-order valence-electron chi connectivity index (χ4n) is 1.38. The Bertz CT molecular complexity index is 403. The van der Waals surface area contributed by atoms with Gasteiger partial charge < -0.3 is 5.32 Å². The van der Waals surface area contributed by atoms with E-state index in [1.807, 2.05) is 0 Å². The molecule has 1 N–H and O–H groups in total. The summed E-state index contributed by atoms with van der Waals surface area (Å²) in [5.74, 6) is 1.03. The van der Waals surface area contributed by atoms with E-state index in [4.69, 9.17) is 0 Å². The molecule has 5 heteroatoms. The van der Waals surface area contributed by atoms with E-state index in [1.165, 1.54) is 5.56 Å². The predicted molar refractivity (Wildman–Crippen MR) is 73.6 cm³/mol. The molecule has 0 unspecified atom stereocenters. The highest BCUT2D eigenvalue weighted by Crippen LogP contribution is 2.11. The fraction of sp³-hybridized carbons (Fsp3) is 0.333. The molecule has 17 heavy (non-hydrogen) atoms. The first-order chi connectivity index (χ1) is 8.45. The third-order valence-electron chi connectivity index (χ3n) is 2.24. The van der Waals surface area contributed by atoms with Crippen LogP contribution >= 0.6 is 23.1 Å². The minimum atomic E-state index is 0.993. The Morgan fingerprint density at radius 2 is 2.29 bits per heavy atom. The van der Waals surface area contributed by atoms with Crippen LogP contribution < -0.4 is 5.32 Å². The quantitative estimate of drug-likeness (QED) is 0.616. The summed E-state index contributed by atoms with van der Waals surface area (Å²) in [7, 11) is 0. The molecule has 0 bridgehead atoms. The van der Waals surface area contributed by atoms with Gasteiger partial charge in [0.15, 0.2) is 0 Å². The van der Waals surface area contributed by atoms with Crippen LogP contribution in [0.3, 0.4) is 0 Å². The van der Waals surface area contributed by atoms with E-state index in [-0.39, 0.29) is 0 Å². The summed E-state index contributed by atoms with van der Waals surface area (Å²) in [4.78, 5) is 8.24. The van der Waals surface area contributed by atoms with E-state index in [9.17, 15) is 0 Å². The smallest absolute Gasteiger partial charge is 0.114 e. The van der Waals surface area contributed by atoms with Gasteiger partial charge in [-0.2, -0.15) is 11.3 Å². The Morgan fingerprint density at radius 3 is 3.06 bits per heavy atom. The summed E-state index contributed by atoms with van der Waals surface area (Å²) in [5, 5.41) is 8.75. The van der Waals surface area contributed by atoms with Crippen molar-refractivity contribution in [3.63, 3.8) is 0 Å². The van der Waals surface area contributed by atoms with Gasteiger partial charge in [-0.15, -0.1) is 11.8 Å². The van der Waals surface area contributed by atoms with Crippen LogP contribution in [-0.4, -0.2) is 28.8 Å². The van der Waals surface area contributed by atoms with Crippen LogP contribution in [0.1, 0.15) is 5.56 Å². The molecule has 0 aliphatic carbocycles. The molecule has 0 aromatic carbocycles. The van der Waals surface area contributed by atoms with Gasteiger partial charge in [0.05, 0.1) is 6.20 Å². The summed E-state index contributed by atoms with van der Waals surface area (Å²) in [6.07, 6.45) is 6.34. The summed E-state index contributed by atoms with van der Waals surface area (Å²) in [6, 6.07) is 2.18. The van der Waals surface area contributed by atoms with Gasteiger partial charge in [0.2, 0.25) is 0 Å². The molecule has 0 amide bonds. The summed E-state index contributed by atoms with van der Waals surface area (Å²) < 4.78 is 0. The highest BCUT2D eigenvalue weighted by atomic mass is 32.2. The van der Waals surface area contributed by atoms with E-state index in [1.54, 1.807) is 41.7 Å². The van der Waals surface area contributed by atoms with Crippen molar-refractivity contribution < 1.29 is 0 Å². The highest BCUT2D eigenvalue weighted by molar-refractivity contribution is 7.99. The van der Waals surface area contributed by atoms with Crippen LogP contribution in [0.2, 0.25) is 0 Å². The van der Waals surface area contributed by atoms with E-state index in [2.05, 4.69) is 32.1 Å². The number of aromatic nitrogens is 2. The second kappa shape index (κ2) is 7.42. The molecule has 2 aromatic rings. The maximum absolute atomic E-state index is 4.21. The molecule has 0 saturated carbocycles. The molecule has 0 radical (unpaired) electrons. The largest absolute Gasteiger partial charge is 0.316 e. The van der Waals surface area contributed by atoms with Crippen molar-refractivity contribution in [3.05, 3.63) is 41.0 Å². The van der Waals surface area contributed by atoms with E-state index in [0.717, 1.165) is 30.3 Å². The minimum Gasteiger partial charge on any atom is -0.316 e. The van der Waals surface area contributed by atoms with Gasteiger partial charge in [0, 0.05) is 24.7 Å². The summed E-state index contributed by atoms with van der Waals surface area (Å²) in [6.45, 7) is 2.04. The second-order valence-corrected chi connectivity index (χ2v) is 5.42. The zero-order valence-electron chi connectivity index (χ0n) is 9.50. The molecule has 2 heterocycles. The van der Waals surface area contributed by atoms with Crippen molar-refractivity contribution in [2.75, 3.05) is 18.8 Å². The first-order valence-electron chi connectivity index (χ1n) is 5.56. The monoisotopic (exact) mass is 265 g/mol. The molecule has 0 aliphatic heterocycles. The number of thioether (sulfide) groups is 1. The Kier molecular flexibility index (Phi) is 5.48. The van der Waals surface area contributed by atoms with Crippen molar-refractivity contribution in [2.24, 2.45) is 0 Å². The van der Waals surface area contributed by atoms with Crippen molar-refractivity contribution in [1.29, 1.82) is 0 Å². The first-order valence-corrected chi connectivity index (χ1v) is 7.48. The van der Waals surface area contributed by atoms with Crippen molar-refractivity contribution >= 4 is 23.1 Å². The minimum absolute atomic E-state index is 0.993. The van der Waals surface area contributed by atoms with Crippen LogP contribution in [0.25, 0.3) is 0 Å². The Hall–Kier alpha value is -0.910. The standard InChI is InChI=1S/C12H15N3S2/c1(11-2-7-16-10-11)3-13-6-8-17-12-9-14-4-5-15-12/h2,4-5,7,9-10,13H,1,3,6,8H2. The molecule has 0 aliphatic rings. The van der Waals surface area contributed by atoms with Gasteiger partial charge in [-0.1, -0.05) is 0 Å². The van der Waals surface area contributed by atoms with Crippen molar-refractivity contribution in [3.8, 4) is 0 Å². The van der Waals surface area contributed by atoms with Crippen LogP contribution in [0.4, 0.5) is 0 Å². The normalized spacial score (nSPS) is 10.6. The highest BCUT2D eigenvalue weighted by Gasteiger charge is 1.95. The molecule has 2 rings (SSSR count). The number of hydrogen-bond acceptors (Lipinski definition) is 5. The number of thiophene rings is 1. The molecule has 0 fully saturated rings. The third-order valence-corrected chi connectivity index (χ3v) is 3.89. The fourth-order valence-corrected chi connectivity index (χ4v) is 2.81. The lowest BCUT2D eigenvalue weighted by Gasteiger charge is -2.03. The molecule has 0 atom stereocenters. The molecule has 0 saturated heterocycles. The van der Waals surface area contributed by atoms with E-state index < -0.39 is 0 Å². The number of nitrogens with zero attached hydrogens (tertiary/aromatic N) is 2. The SMILES string of the molecule is c1cnc(SCCNCCc2ccsc2)cn1. The number of hydrogen-bond donors (Lipinski definition) is 1. The van der Waals surface area contributed by atoms with Gasteiger partial charge in [-0.3, -0.25) is 4.98 Å². The van der Waals surface area contributed by atoms with Gasteiger partial charge in [-0.05, 0) is 35.4 Å². The number of rotatable bonds is 7. The van der Waals surface area contributed by atoms with Crippen LogP contribution in [0.15, 0.2) is 40.4 Å². The lowest BCUT2D eigenvalue weighted by molar-refractivity contribution is 0.722. The average Bonchev–Trinajstić information content (AvgIpc) is 2.88.